The van der Waals surface area contributed by atoms with E-state index >= 15 is 0 Å². The highest BCUT2D eigenvalue weighted by atomic mass is 32.2. The van der Waals surface area contributed by atoms with E-state index in [2.05, 4.69) is 61.4 Å². The fourth-order valence-electron chi connectivity index (χ4n) is 2.34. The van der Waals surface area contributed by atoms with Crippen LogP contribution in [0.4, 0.5) is 0 Å². The SMILES string of the molecule is CCNC(CSc1ccncc1)c1cc(C)cc(C)c1. The molecule has 20 heavy (non-hydrogen) atoms. The molecule has 1 aromatic carbocycles. The van der Waals surface area contributed by atoms with E-state index in [0.717, 1.165) is 12.3 Å². The Balaban J connectivity index is 2.10. The second-order valence-electron chi connectivity index (χ2n) is 5.03. The van der Waals surface area contributed by atoms with Crippen LogP contribution in [-0.2, 0) is 0 Å². The van der Waals surface area contributed by atoms with Crippen molar-refractivity contribution in [1.82, 2.24) is 10.3 Å². The maximum Gasteiger partial charge on any atom is 0.0415 e. The molecule has 2 nitrogen and oxygen atoms in total. The molecular weight excluding hydrogens is 264 g/mol. The van der Waals surface area contributed by atoms with E-state index in [4.69, 9.17) is 0 Å². The zero-order chi connectivity index (χ0) is 14.4. The summed E-state index contributed by atoms with van der Waals surface area (Å²) in [5.74, 6) is 1.03. The molecule has 106 valence electrons. The van der Waals surface area contributed by atoms with E-state index in [0.29, 0.717) is 6.04 Å². The molecular formula is C17H22N2S. The summed E-state index contributed by atoms with van der Waals surface area (Å²) in [7, 11) is 0. The lowest BCUT2D eigenvalue weighted by Gasteiger charge is -2.19. The number of nitrogens with zero attached hydrogens (tertiary/aromatic N) is 1. The normalized spacial score (nSPS) is 12.3. The highest BCUT2D eigenvalue weighted by Crippen LogP contribution is 2.25. The Hall–Kier alpha value is -1.32. The molecule has 1 atom stereocenters. The molecule has 2 rings (SSSR count). The predicted molar refractivity (Wildman–Crippen MR) is 87.3 cm³/mol. The van der Waals surface area contributed by atoms with Gasteiger partial charge in [0.1, 0.15) is 0 Å². The molecule has 1 heterocycles. The van der Waals surface area contributed by atoms with Crippen LogP contribution in [0.3, 0.4) is 0 Å². The number of nitrogens with one attached hydrogen (secondary N) is 1. The molecule has 0 saturated carbocycles. The smallest absolute Gasteiger partial charge is 0.0415 e. The number of pyridine rings is 1. The van der Waals surface area contributed by atoms with Crippen molar-refractivity contribution in [3.8, 4) is 0 Å². The first-order chi connectivity index (χ1) is 9.69. The second-order valence-corrected chi connectivity index (χ2v) is 6.12. The third-order valence-electron chi connectivity index (χ3n) is 3.16. The fraction of sp³-hybridized carbons (Fsp3) is 0.353. The predicted octanol–water partition coefficient (Wildman–Crippen LogP) is 4.14. The summed E-state index contributed by atoms with van der Waals surface area (Å²) < 4.78 is 0. The van der Waals surface area contributed by atoms with Gasteiger partial charge in [-0.25, -0.2) is 0 Å². The summed E-state index contributed by atoms with van der Waals surface area (Å²) in [4.78, 5) is 5.33. The molecule has 0 aliphatic rings. The van der Waals surface area contributed by atoms with Gasteiger partial charge in [0.15, 0.2) is 0 Å². The van der Waals surface area contributed by atoms with Crippen LogP contribution in [0.5, 0.6) is 0 Å². The van der Waals surface area contributed by atoms with Crippen LogP contribution >= 0.6 is 11.8 Å². The summed E-state index contributed by atoms with van der Waals surface area (Å²) in [5, 5.41) is 3.59. The summed E-state index contributed by atoms with van der Waals surface area (Å²) in [6.07, 6.45) is 3.70. The van der Waals surface area contributed by atoms with Gasteiger partial charge in [-0.1, -0.05) is 36.2 Å². The molecule has 0 radical (unpaired) electrons. The van der Waals surface area contributed by atoms with Crippen LogP contribution < -0.4 is 5.32 Å². The lowest BCUT2D eigenvalue weighted by molar-refractivity contribution is 0.605. The fourth-order valence-corrected chi connectivity index (χ4v) is 3.33. The van der Waals surface area contributed by atoms with E-state index in [-0.39, 0.29) is 0 Å². The molecule has 0 aliphatic heterocycles. The molecule has 1 N–H and O–H groups in total. The van der Waals surface area contributed by atoms with Crippen molar-refractivity contribution in [2.45, 2.75) is 31.7 Å². The van der Waals surface area contributed by atoms with E-state index < -0.39 is 0 Å². The molecule has 2 aromatic rings. The summed E-state index contributed by atoms with van der Waals surface area (Å²) in [5.41, 5.74) is 4.04. The average Bonchev–Trinajstić information content (AvgIpc) is 2.43. The Bertz CT molecular complexity index is 520. The maximum atomic E-state index is 4.06. The van der Waals surface area contributed by atoms with Crippen LogP contribution in [0.1, 0.15) is 29.7 Å². The van der Waals surface area contributed by atoms with Gasteiger partial charge in [0.25, 0.3) is 0 Å². The third kappa shape index (κ3) is 4.36. The van der Waals surface area contributed by atoms with Gasteiger partial charge in [-0.3, -0.25) is 4.98 Å². The minimum Gasteiger partial charge on any atom is -0.309 e. The van der Waals surface area contributed by atoms with Gasteiger partial charge in [-0.15, -0.1) is 11.8 Å². The van der Waals surface area contributed by atoms with Crippen molar-refractivity contribution < 1.29 is 0 Å². The highest BCUT2D eigenvalue weighted by molar-refractivity contribution is 7.99. The van der Waals surface area contributed by atoms with E-state index in [1.165, 1.54) is 21.6 Å². The highest BCUT2D eigenvalue weighted by Gasteiger charge is 2.11. The van der Waals surface area contributed by atoms with Gasteiger partial charge >= 0.3 is 0 Å². The van der Waals surface area contributed by atoms with Crippen molar-refractivity contribution in [2.24, 2.45) is 0 Å². The molecule has 1 aromatic heterocycles. The van der Waals surface area contributed by atoms with Gasteiger partial charge in [0, 0.05) is 29.1 Å². The molecule has 0 saturated heterocycles. The Morgan fingerprint density at radius 3 is 2.35 bits per heavy atom. The first-order valence-electron chi connectivity index (χ1n) is 7.03. The monoisotopic (exact) mass is 286 g/mol. The Morgan fingerprint density at radius 1 is 1.10 bits per heavy atom. The summed E-state index contributed by atoms with van der Waals surface area (Å²) in [6.45, 7) is 7.46. The van der Waals surface area contributed by atoms with Crippen LogP contribution in [0.2, 0.25) is 0 Å². The summed E-state index contributed by atoms with van der Waals surface area (Å²) in [6, 6.07) is 11.3. The van der Waals surface area contributed by atoms with Crippen molar-refractivity contribution in [3.63, 3.8) is 0 Å². The van der Waals surface area contributed by atoms with Crippen LogP contribution in [0.25, 0.3) is 0 Å². The number of hydrogen-bond acceptors (Lipinski definition) is 3. The average molecular weight is 286 g/mol. The standard InChI is InChI=1S/C17H22N2S/c1-4-19-17(12-20-16-5-7-18-8-6-16)15-10-13(2)9-14(3)11-15/h5-11,17,19H,4,12H2,1-3H3. The maximum absolute atomic E-state index is 4.06. The number of aryl methyl sites for hydroxylation is 2. The number of thioether (sulfide) groups is 1. The number of benzene rings is 1. The van der Waals surface area contributed by atoms with Gasteiger partial charge in [0.05, 0.1) is 0 Å². The number of hydrogen-bond donors (Lipinski definition) is 1. The van der Waals surface area contributed by atoms with Crippen molar-refractivity contribution >= 4 is 11.8 Å². The molecule has 0 amide bonds. The largest absolute Gasteiger partial charge is 0.309 e. The zero-order valence-electron chi connectivity index (χ0n) is 12.4. The van der Waals surface area contributed by atoms with E-state index in [9.17, 15) is 0 Å². The van der Waals surface area contributed by atoms with Crippen LogP contribution in [0, 0.1) is 13.8 Å². The van der Waals surface area contributed by atoms with Crippen LogP contribution in [-0.4, -0.2) is 17.3 Å². The Morgan fingerprint density at radius 2 is 1.75 bits per heavy atom. The Kier molecular flexibility index (Phi) is 5.62. The van der Waals surface area contributed by atoms with Crippen molar-refractivity contribution in [2.75, 3.05) is 12.3 Å². The molecule has 0 fully saturated rings. The van der Waals surface area contributed by atoms with Gasteiger partial charge in [0.2, 0.25) is 0 Å². The topological polar surface area (TPSA) is 24.9 Å². The van der Waals surface area contributed by atoms with E-state index in [1.54, 1.807) is 0 Å². The molecule has 0 spiro atoms. The number of rotatable bonds is 6. The van der Waals surface area contributed by atoms with Crippen LogP contribution in [0.15, 0.2) is 47.6 Å². The molecule has 3 heteroatoms. The first kappa shape index (κ1) is 15.1. The summed E-state index contributed by atoms with van der Waals surface area (Å²) >= 11 is 1.87. The second kappa shape index (κ2) is 7.46. The zero-order valence-corrected chi connectivity index (χ0v) is 13.2. The lowest BCUT2D eigenvalue weighted by atomic mass is 10.0. The number of aromatic nitrogens is 1. The minimum absolute atomic E-state index is 0.386. The van der Waals surface area contributed by atoms with Crippen molar-refractivity contribution in [3.05, 3.63) is 59.4 Å². The minimum atomic E-state index is 0.386. The third-order valence-corrected chi connectivity index (χ3v) is 4.27. The lowest BCUT2D eigenvalue weighted by Crippen LogP contribution is -2.23. The van der Waals surface area contributed by atoms with Gasteiger partial charge in [-0.2, -0.15) is 0 Å². The molecule has 1 unspecified atom stereocenters. The van der Waals surface area contributed by atoms with Gasteiger partial charge in [-0.05, 0) is 38.1 Å². The van der Waals surface area contributed by atoms with E-state index in [1.807, 2.05) is 24.2 Å². The first-order valence-corrected chi connectivity index (χ1v) is 8.02. The molecule has 0 aliphatic carbocycles. The Labute approximate surface area is 126 Å². The van der Waals surface area contributed by atoms with Crippen molar-refractivity contribution in [1.29, 1.82) is 0 Å². The molecule has 0 bridgehead atoms. The quantitative estimate of drug-likeness (QED) is 0.808. The van der Waals surface area contributed by atoms with Gasteiger partial charge < -0.3 is 5.32 Å².